The summed E-state index contributed by atoms with van der Waals surface area (Å²) in [6.45, 7) is 3.06. The molecule has 5 rings (SSSR count). The third kappa shape index (κ3) is 13.4. The summed E-state index contributed by atoms with van der Waals surface area (Å²) in [5.41, 5.74) is 19.5. The van der Waals surface area contributed by atoms with Crippen LogP contribution in [0.15, 0.2) is 55.5 Å². The Hall–Kier alpha value is -6.69. The lowest BCUT2D eigenvalue weighted by molar-refractivity contribution is -0.142. The van der Waals surface area contributed by atoms with Gasteiger partial charge in [-0.25, -0.2) is 9.97 Å². The molecule has 0 spiro atoms. The van der Waals surface area contributed by atoms with Crippen LogP contribution in [-0.4, -0.2) is 149 Å². The quantitative estimate of drug-likeness (QED) is 0.0308. The minimum absolute atomic E-state index is 0.0332. The first-order valence-corrected chi connectivity index (χ1v) is 21.5. The summed E-state index contributed by atoms with van der Waals surface area (Å²) in [6, 6.07) is -1.64. The van der Waals surface area contributed by atoms with Gasteiger partial charge < -0.3 is 73.8 Å². The maximum Gasteiger partial charge on any atom is 0.245 e. The number of rotatable bonds is 24. The number of para-hydroxylation sites is 1. The summed E-state index contributed by atoms with van der Waals surface area (Å²) in [4.78, 5) is 114. The smallest absolute Gasteiger partial charge is 0.245 e. The predicted octanol–water partition coefficient (Wildman–Crippen LogP) is -3.24. The maximum atomic E-state index is 14.5. The topological polar surface area (TPSA) is 375 Å². The van der Waals surface area contributed by atoms with Crippen molar-refractivity contribution in [1.82, 2.24) is 56.4 Å². The highest BCUT2D eigenvalue weighted by Crippen LogP contribution is 2.23. The van der Waals surface area contributed by atoms with E-state index in [2.05, 4.69) is 51.5 Å². The second-order valence-corrected chi connectivity index (χ2v) is 16.2. The van der Waals surface area contributed by atoms with E-state index in [9.17, 15) is 43.8 Å². The molecule has 9 atom stereocenters. The number of nitrogens with one attached hydrogen (secondary N) is 8. The zero-order valence-corrected chi connectivity index (χ0v) is 36.3. The van der Waals surface area contributed by atoms with Crippen LogP contribution < -0.4 is 43.8 Å². The molecule has 1 aliphatic heterocycles. The molecule has 4 aromatic rings. The van der Waals surface area contributed by atoms with Gasteiger partial charge in [0.05, 0.1) is 24.9 Å². The van der Waals surface area contributed by atoms with Crippen molar-refractivity contribution in [2.24, 2.45) is 17.2 Å². The molecule has 16 N–H and O–H groups in total. The van der Waals surface area contributed by atoms with Gasteiger partial charge in [0.15, 0.2) is 0 Å². The fourth-order valence-corrected chi connectivity index (χ4v) is 7.62. The van der Waals surface area contributed by atoms with Crippen LogP contribution in [-0.2, 0) is 52.8 Å². The first kappa shape index (κ1) is 49.3. The average molecular weight is 905 g/mol. The number of carbonyl (C=O) groups excluding carboxylic acids is 7. The van der Waals surface area contributed by atoms with E-state index in [0.29, 0.717) is 42.8 Å². The molecular formula is C42H60N14O9. The number of benzene rings is 1. The highest BCUT2D eigenvalue weighted by Gasteiger charge is 2.40. The molecule has 0 aliphatic carbocycles. The molecule has 1 saturated heterocycles. The number of nitrogens with zero attached hydrogens (tertiary/aromatic N) is 3. The van der Waals surface area contributed by atoms with Crippen LogP contribution >= 0.6 is 0 Å². The number of aromatic amines is 3. The molecule has 1 aliphatic rings. The highest BCUT2D eigenvalue weighted by molar-refractivity contribution is 5.98. The van der Waals surface area contributed by atoms with Gasteiger partial charge in [0.1, 0.15) is 42.3 Å². The second kappa shape index (κ2) is 23.3. The van der Waals surface area contributed by atoms with Crippen molar-refractivity contribution in [3.63, 3.8) is 0 Å². The predicted molar refractivity (Wildman–Crippen MR) is 234 cm³/mol. The number of hydrogen-bond donors (Lipinski definition) is 13. The van der Waals surface area contributed by atoms with Crippen molar-refractivity contribution >= 4 is 52.3 Å². The second-order valence-electron chi connectivity index (χ2n) is 16.2. The van der Waals surface area contributed by atoms with Gasteiger partial charge in [-0.15, -0.1) is 0 Å². The first-order valence-electron chi connectivity index (χ1n) is 21.5. The number of amides is 7. The molecule has 0 radical (unpaired) electrons. The lowest BCUT2D eigenvalue weighted by Gasteiger charge is -2.31. The third-order valence-corrected chi connectivity index (χ3v) is 11.3. The van der Waals surface area contributed by atoms with E-state index in [-0.39, 0.29) is 38.6 Å². The van der Waals surface area contributed by atoms with Crippen LogP contribution in [0.25, 0.3) is 10.9 Å². The molecular weight excluding hydrogens is 845 g/mol. The van der Waals surface area contributed by atoms with Crippen LogP contribution in [0.3, 0.4) is 0 Å². The number of likely N-dealkylation sites (tertiary alicyclic amines) is 1. The number of aliphatic hydroxyl groups is 2. The maximum absolute atomic E-state index is 14.5. The van der Waals surface area contributed by atoms with E-state index in [4.69, 9.17) is 17.2 Å². The lowest BCUT2D eigenvalue weighted by atomic mass is 10.0. The minimum Gasteiger partial charge on any atom is -0.391 e. The van der Waals surface area contributed by atoms with Crippen LogP contribution in [0.4, 0.5) is 0 Å². The Balaban J connectivity index is 1.37. The third-order valence-electron chi connectivity index (χ3n) is 11.3. The highest BCUT2D eigenvalue weighted by atomic mass is 16.3. The van der Waals surface area contributed by atoms with Crippen molar-refractivity contribution in [1.29, 1.82) is 0 Å². The molecule has 3 aromatic heterocycles. The Labute approximate surface area is 374 Å². The van der Waals surface area contributed by atoms with Crippen LogP contribution in [0.5, 0.6) is 0 Å². The summed E-state index contributed by atoms with van der Waals surface area (Å²) < 4.78 is 0. The number of hydrogen-bond acceptors (Lipinski definition) is 13. The van der Waals surface area contributed by atoms with Crippen molar-refractivity contribution in [2.75, 3.05) is 13.1 Å². The molecule has 23 heteroatoms. The summed E-state index contributed by atoms with van der Waals surface area (Å²) >= 11 is 0. The molecule has 0 unspecified atom stereocenters. The summed E-state index contributed by atoms with van der Waals surface area (Å²) in [6.07, 6.45) is 6.25. The number of H-pyrrole nitrogens is 3. The van der Waals surface area contributed by atoms with Crippen LogP contribution in [0.2, 0.25) is 0 Å². The number of carbonyl (C=O) groups is 7. The summed E-state index contributed by atoms with van der Waals surface area (Å²) in [5, 5.41) is 34.1. The van der Waals surface area contributed by atoms with Crippen LogP contribution in [0.1, 0.15) is 62.9 Å². The van der Waals surface area contributed by atoms with Gasteiger partial charge in [0.25, 0.3) is 0 Å². The number of aromatic nitrogens is 5. The monoisotopic (exact) mass is 904 g/mol. The fraction of sp³-hybridized carbons (Fsp3) is 0.500. The molecule has 65 heavy (non-hydrogen) atoms. The first-order chi connectivity index (χ1) is 31.1. The fourth-order valence-electron chi connectivity index (χ4n) is 7.62. The average Bonchev–Trinajstić information content (AvgIpc) is 4.13. The minimum atomic E-state index is -1.46. The zero-order valence-electron chi connectivity index (χ0n) is 36.3. The number of aliphatic hydroxyl groups excluding tert-OH is 2. The van der Waals surface area contributed by atoms with E-state index in [1.54, 1.807) is 6.20 Å². The van der Waals surface area contributed by atoms with Gasteiger partial charge in [-0.2, -0.15) is 0 Å². The lowest BCUT2D eigenvalue weighted by Crippen LogP contribution is -2.61. The molecule has 0 bridgehead atoms. The Kier molecular flexibility index (Phi) is 17.7. The largest absolute Gasteiger partial charge is 0.391 e. The van der Waals surface area contributed by atoms with Crippen molar-refractivity contribution in [2.45, 2.75) is 120 Å². The van der Waals surface area contributed by atoms with E-state index in [0.717, 1.165) is 10.9 Å². The Bertz CT molecular complexity index is 2230. The molecule has 352 valence electrons. The number of imidazole rings is 2. The van der Waals surface area contributed by atoms with Gasteiger partial charge in [-0.1, -0.05) is 18.2 Å². The normalized spacial score (nSPS) is 17.4. The number of fused-ring (bicyclic) bond motifs is 1. The van der Waals surface area contributed by atoms with E-state index in [1.807, 2.05) is 24.3 Å². The summed E-state index contributed by atoms with van der Waals surface area (Å²) in [7, 11) is 0. The van der Waals surface area contributed by atoms with Crippen molar-refractivity contribution in [3.8, 4) is 0 Å². The van der Waals surface area contributed by atoms with Gasteiger partial charge in [-0.05, 0) is 64.1 Å². The standard InChI is InChI=1S/C42H60N14O9/c1-22(57)34(44)41(64)54-32(16-26-19-47-21-50-26)38(61)52-31(15-25-18-46-20-49-25)37(60)51-29(10-5-6-12-43)42(65)56-13-7-11-33(56)40(63)53-30(39(62)55-35(23(2)58)36(45)59)14-24-17-48-28-9-4-3-8-27(24)28/h3-4,8-9,17-23,29-35,48,57-58H,5-7,10-16,43-44H2,1-2H3,(H2,45,59)(H,46,49)(H,47,50)(H,51,60)(H,52,61)(H,53,63)(H,54,64)(H,55,62)/t22-,23-,29+,30+,31+,32+,33+,34+,35+/m1/s1. The molecule has 0 saturated carbocycles. The van der Waals surface area contributed by atoms with Gasteiger partial charge in [-0.3, -0.25) is 33.6 Å². The summed E-state index contributed by atoms with van der Waals surface area (Å²) in [5.74, 6) is -5.39. The van der Waals surface area contributed by atoms with Gasteiger partial charge in [0.2, 0.25) is 41.4 Å². The van der Waals surface area contributed by atoms with E-state index < -0.39 is 95.9 Å². The number of unbranched alkanes of at least 4 members (excludes halogenated alkanes) is 1. The van der Waals surface area contributed by atoms with Crippen molar-refractivity contribution in [3.05, 3.63) is 72.5 Å². The molecule has 23 nitrogen and oxygen atoms in total. The molecule has 7 amide bonds. The Morgan fingerprint density at radius 2 is 1.35 bits per heavy atom. The van der Waals surface area contributed by atoms with Gasteiger partial charge in [0, 0.05) is 66.7 Å². The van der Waals surface area contributed by atoms with Crippen molar-refractivity contribution < 1.29 is 43.8 Å². The van der Waals surface area contributed by atoms with Crippen LogP contribution in [0, 0.1) is 0 Å². The number of primary amides is 1. The SMILES string of the molecule is C[C@@H](O)[C@H](N)C(=O)N[C@@H](Cc1cnc[nH]1)C(=O)N[C@@H](Cc1cnc[nH]1)C(=O)N[C@@H](CCCCN)C(=O)N1CCC[C@H]1C(=O)N[C@@H](Cc1c[nH]c2ccccc12)C(=O)N[C@H](C(N)=O)[C@@H](C)O. The number of nitrogens with two attached hydrogens (primary N) is 3. The Morgan fingerprint density at radius 1 is 0.769 bits per heavy atom. The van der Waals surface area contributed by atoms with Gasteiger partial charge >= 0.3 is 0 Å². The zero-order chi connectivity index (χ0) is 47.2. The molecule has 1 aromatic carbocycles. The molecule has 4 heterocycles. The van der Waals surface area contributed by atoms with E-state index in [1.165, 1.54) is 43.8 Å². The van der Waals surface area contributed by atoms with E-state index >= 15 is 0 Å². The Morgan fingerprint density at radius 3 is 1.92 bits per heavy atom. The molecule has 1 fully saturated rings.